The van der Waals surface area contributed by atoms with Crippen LogP contribution in [0.2, 0.25) is 0 Å². The first-order valence-corrected chi connectivity index (χ1v) is 7.80. The molecule has 0 saturated heterocycles. The Labute approximate surface area is 107 Å². The fourth-order valence-corrected chi connectivity index (χ4v) is 3.75. The Balaban J connectivity index is 1.59. The second-order valence-corrected chi connectivity index (χ2v) is 6.58. The largest absolute Gasteiger partial charge is 0.381 e. The maximum atomic E-state index is 5.45. The van der Waals surface area contributed by atoms with Crippen LogP contribution in [0.15, 0.2) is 0 Å². The van der Waals surface area contributed by atoms with Gasteiger partial charge in [0.25, 0.3) is 0 Å². The van der Waals surface area contributed by atoms with Gasteiger partial charge in [0, 0.05) is 7.11 Å². The lowest BCUT2D eigenvalue weighted by Crippen LogP contribution is -2.21. The number of methoxy groups -OCH3 is 1. The highest BCUT2D eigenvalue weighted by Crippen LogP contribution is 2.35. The normalized spacial score (nSPS) is 39.2. The van der Waals surface area contributed by atoms with Crippen molar-refractivity contribution < 1.29 is 4.74 Å². The molecule has 2 aliphatic rings. The SMILES string of the molecule is COC1CCC(CCC2CCC(C)CC2)CC1. The summed E-state index contributed by atoms with van der Waals surface area (Å²) in [5.41, 5.74) is 0. The molecule has 0 N–H and O–H groups in total. The van der Waals surface area contributed by atoms with Gasteiger partial charge in [0.1, 0.15) is 0 Å². The van der Waals surface area contributed by atoms with Crippen molar-refractivity contribution in [3.63, 3.8) is 0 Å². The van der Waals surface area contributed by atoms with Crippen molar-refractivity contribution in [2.75, 3.05) is 7.11 Å². The van der Waals surface area contributed by atoms with Crippen molar-refractivity contribution in [3.8, 4) is 0 Å². The maximum absolute atomic E-state index is 5.45. The highest BCUT2D eigenvalue weighted by molar-refractivity contribution is 4.75. The minimum Gasteiger partial charge on any atom is -0.381 e. The van der Waals surface area contributed by atoms with Crippen molar-refractivity contribution in [1.29, 1.82) is 0 Å². The van der Waals surface area contributed by atoms with Gasteiger partial charge in [-0.2, -0.15) is 0 Å². The zero-order valence-electron chi connectivity index (χ0n) is 11.8. The first kappa shape index (κ1) is 13.4. The summed E-state index contributed by atoms with van der Waals surface area (Å²) >= 11 is 0. The third kappa shape index (κ3) is 4.28. The molecule has 0 heterocycles. The van der Waals surface area contributed by atoms with Gasteiger partial charge < -0.3 is 4.74 Å². The van der Waals surface area contributed by atoms with Crippen molar-refractivity contribution in [1.82, 2.24) is 0 Å². The summed E-state index contributed by atoms with van der Waals surface area (Å²) in [7, 11) is 1.87. The van der Waals surface area contributed by atoms with Gasteiger partial charge in [0.2, 0.25) is 0 Å². The van der Waals surface area contributed by atoms with Crippen LogP contribution in [0, 0.1) is 17.8 Å². The molecule has 0 spiro atoms. The van der Waals surface area contributed by atoms with E-state index in [9.17, 15) is 0 Å². The van der Waals surface area contributed by atoms with E-state index >= 15 is 0 Å². The van der Waals surface area contributed by atoms with Crippen LogP contribution < -0.4 is 0 Å². The van der Waals surface area contributed by atoms with Crippen molar-refractivity contribution in [2.24, 2.45) is 17.8 Å². The number of hydrogen-bond donors (Lipinski definition) is 0. The summed E-state index contributed by atoms with van der Waals surface area (Å²) in [6.45, 7) is 2.42. The molecule has 0 atom stereocenters. The molecular weight excluding hydrogens is 208 g/mol. The van der Waals surface area contributed by atoms with Crippen LogP contribution in [0.4, 0.5) is 0 Å². The molecule has 2 saturated carbocycles. The Morgan fingerprint density at radius 3 is 1.71 bits per heavy atom. The van der Waals surface area contributed by atoms with Crippen LogP contribution in [-0.4, -0.2) is 13.2 Å². The van der Waals surface area contributed by atoms with Crippen LogP contribution >= 0.6 is 0 Å². The van der Waals surface area contributed by atoms with Gasteiger partial charge in [-0.15, -0.1) is 0 Å². The standard InChI is InChI=1S/C16H30O/c1-13-3-5-14(6-4-13)7-8-15-9-11-16(17-2)12-10-15/h13-16H,3-12H2,1-2H3. The number of ether oxygens (including phenoxy) is 1. The average molecular weight is 238 g/mol. The summed E-state index contributed by atoms with van der Waals surface area (Å²) < 4.78 is 5.45. The second-order valence-electron chi connectivity index (χ2n) is 6.58. The summed E-state index contributed by atoms with van der Waals surface area (Å²) in [5, 5.41) is 0. The van der Waals surface area contributed by atoms with Gasteiger partial charge in [-0.25, -0.2) is 0 Å². The fraction of sp³-hybridized carbons (Fsp3) is 1.00. The predicted octanol–water partition coefficient (Wildman–Crippen LogP) is 4.80. The Morgan fingerprint density at radius 1 is 0.765 bits per heavy atom. The van der Waals surface area contributed by atoms with E-state index in [1.165, 1.54) is 64.2 Å². The molecule has 0 aromatic rings. The van der Waals surface area contributed by atoms with Gasteiger partial charge in [-0.3, -0.25) is 0 Å². The molecule has 1 nitrogen and oxygen atoms in total. The lowest BCUT2D eigenvalue weighted by atomic mass is 9.77. The van der Waals surface area contributed by atoms with E-state index in [4.69, 9.17) is 4.74 Å². The highest BCUT2D eigenvalue weighted by Gasteiger charge is 2.23. The number of hydrogen-bond acceptors (Lipinski definition) is 1. The number of rotatable bonds is 4. The van der Waals surface area contributed by atoms with E-state index in [0.29, 0.717) is 6.10 Å². The molecule has 0 amide bonds. The molecule has 0 aromatic heterocycles. The van der Waals surface area contributed by atoms with Crippen molar-refractivity contribution in [2.45, 2.75) is 77.2 Å². The average Bonchev–Trinajstić information content (AvgIpc) is 2.39. The first-order valence-electron chi connectivity index (χ1n) is 7.80. The Morgan fingerprint density at radius 2 is 1.24 bits per heavy atom. The van der Waals surface area contributed by atoms with Crippen LogP contribution in [0.25, 0.3) is 0 Å². The molecule has 1 heteroatoms. The Kier molecular flexibility index (Phi) is 5.34. The maximum Gasteiger partial charge on any atom is 0.0571 e. The summed E-state index contributed by atoms with van der Waals surface area (Å²) in [4.78, 5) is 0. The molecule has 0 aromatic carbocycles. The van der Waals surface area contributed by atoms with E-state index in [0.717, 1.165) is 17.8 Å². The van der Waals surface area contributed by atoms with Gasteiger partial charge >= 0.3 is 0 Å². The molecule has 100 valence electrons. The lowest BCUT2D eigenvalue weighted by molar-refractivity contribution is 0.0541. The molecule has 0 aliphatic heterocycles. The molecular formula is C16H30O. The van der Waals surface area contributed by atoms with Gasteiger partial charge in [0.05, 0.1) is 6.10 Å². The molecule has 0 unspecified atom stereocenters. The summed E-state index contributed by atoms with van der Waals surface area (Å²) in [6.07, 6.45) is 15.0. The Hall–Kier alpha value is -0.0400. The zero-order chi connectivity index (χ0) is 12.1. The van der Waals surface area contributed by atoms with Gasteiger partial charge in [-0.05, 0) is 43.4 Å². The predicted molar refractivity (Wildman–Crippen MR) is 73.1 cm³/mol. The first-order chi connectivity index (χ1) is 8.28. The Bertz CT molecular complexity index is 198. The van der Waals surface area contributed by atoms with Crippen molar-refractivity contribution in [3.05, 3.63) is 0 Å². The highest BCUT2D eigenvalue weighted by atomic mass is 16.5. The van der Waals surface area contributed by atoms with Crippen LogP contribution in [-0.2, 0) is 4.74 Å². The monoisotopic (exact) mass is 238 g/mol. The van der Waals surface area contributed by atoms with E-state index in [1.54, 1.807) is 0 Å². The van der Waals surface area contributed by atoms with Crippen LogP contribution in [0.1, 0.15) is 71.1 Å². The minimum atomic E-state index is 0.571. The van der Waals surface area contributed by atoms with E-state index in [2.05, 4.69) is 6.92 Å². The molecule has 2 aliphatic carbocycles. The third-order valence-corrected chi connectivity index (χ3v) is 5.25. The van der Waals surface area contributed by atoms with Crippen LogP contribution in [0.3, 0.4) is 0 Å². The van der Waals surface area contributed by atoms with Gasteiger partial charge in [-0.1, -0.05) is 45.4 Å². The molecule has 0 radical (unpaired) electrons. The molecule has 2 fully saturated rings. The topological polar surface area (TPSA) is 9.23 Å². The van der Waals surface area contributed by atoms with E-state index in [1.807, 2.05) is 7.11 Å². The molecule has 17 heavy (non-hydrogen) atoms. The molecule has 0 bridgehead atoms. The van der Waals surface area contributed by atoms with Gasteiger partial charge in [0.15, 0.2) is 0 Å². The molecule has 2 rings (SSSR count). The smallest absolute Gasteiger partial charge is 0.0571 e. The quantitative estimate of drug-likeness (QED) is 0.683. The lowest BCUT2D eigenvalue weighted by Gasteiger charge is -2.30. The third-order valence-electron chi connectivity index (χ3n) is 5.25. The van der Waals surface area contributed by atoms with E-state index < -0.39 is 0 Å². The summed E-state index contributed by atoms with van der Waals surface area (Å²) in [6, 6.07) is 0. The second kappa shape index (κ2) is 6.78. The fourth-order valence-electron chi connectivity index (χ4n) is 3.75. The minimum absolute atomic E-state index is 0.571. The van der Waals surface area contributed by atoms with Crippen molar-refractivity contribution >= 4 is 0 Å². The summed E-state index contributed by atoms with van der Waals surface area (Å²) in [5.74, 6) is 3.08. The van der Waals surface area contributed by atoms with Crippen LogP contribution in [0.5, 0.6) is 0 Å². The zero-order valence-corrected chi connectivity index (χ0v) is 11.8. The van der Waals surface area contributed by atoms with E-state index in [-0.39, 0.29) is 0 Å².